The molecule has 208 valence electrons. The average molecular weight is 547 g/mol. The number of para-hydroxylation sites is 1. The molecule has 0 bridgehead atoms. The zero-order valence-corrected chi connectivity index (χ0v) is 22.7. The first-order valence-corrected chi connectivity index (χ1v) is 13.2. The maximum atomic E-state index is 13.6. The highest BCUT2D eigenvalue weighted by atomic mass is 16.6. The number of nitrogens with one attached hydrogen (secondary N) is 2. The molecule has 0 saturated heterocycles. The summed E-state index contributed by atoms with van der Waals surface area (Å²) in [4.78, 5) is 68.7. The van der Waals surface area contributed by atoms with Crippen LogP contribution >= 0.6 is 0 Å². The summed E-state index contributed by atoms with van der Waals surface area (Å²) >= 11 is 0. The van der Waals surface area contributed by atoms with Crippen molar-refractivity contribution in [3.8, 4) is 11.4 Å². The molecule has 2 amide bonds. The monoisotopic (exact) mass is 546 g/mol. The summed E-state index contributed by atoms with van der Waals surface area (Å²) in [5, 5.41) is 5.96. The van der Waals surface area contributed by atoms with Gasteiger partial charge >= 0.3 is 11.9 Å². The quantitative estimate of drug-likeness (QED) is 0.334. The lowest BCUT2D eigenvalue weighted by Gasteiger charge is -2.35. The molecule has 2 aromatic heterocycles. The van der Waals surface area contributed by atoms with Crippen LogP contribution in [0.4, 0.5) is 0 Å². The largest absolute Gasteiger partial charge is 0.457 e. The van der Waals surface area contributed by atoms with E-state index in [0.717, 1.165) is 16.5 Å². The van der Waals surface area contributed by atoms with Crippen molar-refractivity contribution in [1.29, 1.82) is 0 Å². The summed E-state index contributed by atoms with van der Waals surface area (Å²) in [5.74, 6) is -2.87. The molecular weight excluding hydrogens is 516 g/mol. The molecule has 0 radical (unpaired) electrons. The molecule has 2 aliphatic rings. The number of fused-ring (bicyclic) bond motifs is 5. The molecule has 11 heteroatoms. The minimum Gasteiger partial charge on any atom is -0.457 e. The fraction of sp³-hybridized carbons (Fsp3) is 0.379. The van der Waals surface area contributed by atoms with Crippen molar-refractivity contribution < 1.29 is 28.7 Å². The van der Waals surface area contributed by atoms with Gasteiger partial charge in [0.2, 0.25) is 17.4 Å². The predicted molar refractivity (Wildman–Crippen MR) is 144 cm³/mol. The van der Waals surface area contributed by atoms with Crippen LogP contribution in [0.1, 0.15) is 50.8 Å². The maximum absolute atomic E-state index is 13.6. The summed E-state index contributed by atoms with van der Waals surface area (Å²) < 4.78 is 12.7. The molecule has 2 aliphatic heterocycles. The number of carbonyl (C=O) groups is 4. The van der Waals surface area contributed by atoms with Crippen molar-refractivity contribution in [2.45, 2.75) is 58.9 Å². The van der Waals surface area contributed by atoms with Crippen LogP contribution < -0.4 is 16.2 Å². The highest BCUT2D eigenvalue weighted by Crippen LogP contribution is 2.40. The van der Waals surface area contributed by atoms with Crippen molar-refractivity contribution in [3.63, 3.8) is 0 Å². The zero-order valence-electron chi connectivity index (χ0n) is 22.7. The Labute approximate surface area is 229 Å². The molecular formula is C29H30N4O7. The van der Waals surface area contributed by atoms with Gasteiger partial charge in [-0.1, -0.05) is 39.0 Å². The minimum absolute atomic E-state index is 0.0000692. The molecule has 0 spiro atoms. The Morgan fingerprint density at radius 2 is 1.93 bits per heavy atom. The second-order valence-corrected chi connectivity index (χ2v) is 10.4. The van der Waals surface area contributed by atoms with E-state index in [2.05, 4.69) is 10.6 Å². The van der Waals surface area contributed by atoms with Crippen LogP contribution in [0.25, 0.3) is 22.3 Å². The Morgan fingerprint density at radius 1 is 1.18 bits per heavy atom. The van der Waals surface area contributed by atoms with E-state index in [-0.39, 0.29) is 41.5 Å². The van der Waals surface area contributed by atoms with E-state index < -0.39 is 36.0 Å². The molecule has 2 atom stereocenters. The van der Waals surface area contributed by atoms with Gasteiger partial charge in [0.1, 0.15) is 19.2 Å². The lowest BCUT2D eigenvalue weighted by Crippen LogP contribution is -2.52. The number of carbonyl (C=O) groups excluding carboxylic acids is 4. The predicted octanol–water partition coefficient (Wildman–Crippen LogP) is 1.91. The number of ether oxygens (including phenoxy) is 2. The Balaban J connectivity index is 1.48. The van der Waals surface area contributed by atoms with Crippen LogP contribution in [0, 0.1) is 5.92 Å². The summed E-state index contributed by atoms with van der Waals surface area (Å²) in [6.45, 7) is 5.98. The van der Waals surface area contributed by atoms with E-state index in [1.807, 2.05) is 30.3 Å². The van der Waals surface area contributed by atoms with Crippen LogP contribution in [0.3, 0.4) is 0 Å². The molecule has 5 rings (SSSR count). The molecule has 2 N–H and O–H groups in total. The highest BCUT2D eigenvalue weighted by molar-refractivity contribution is 5.91. The molecule has 40 heavy (non-hydrogen) atoms. The Bertz CT molecular complexity index is 1630. The Hall–Kier alpha value is -4.54. The van der Waals surface area contributed by atoms with E-state index in [4.69, 9.17) is 14.5 Å². The smallest absolute Gasteiger partial charge is 0.355 e. The van der Waals surface area contributed by atoms with Crippen LogP contribution in [-0.4, -0.2) is 45.9 Å². The Kier molecular flexibility index (Phi) is 6.91. The van der Waals surface area contributed by atoms with Gasteiger partial charge in [-0.05, 0) is 30.5 Å². The average Bonchev–Trinajstić information content (AvgIpc) is 3.28. The number of cyclic esters (lactones) is 1. The third-order valence-electron chi connectivity index (χ3n) is 7.39. The number of rotatable bonds is 7. The number of hydrogen-bond donors (Lipinski definition) is 2. The number of benzene rings is 1. The molecule has 4 heterocycles. The van der Waals surface area contributed by atoms with Gasteiger partial charge in [-0.2, -0.15) is 0 Å². The summed E-state index contributed by atoms with van der Waals surface area (Å²) in [6.07, 6.45) is -0.0000692. The van der Waals surface area contributed by atoms with Crippen LogP contribution in [-0.2, 0) is 47.4 Å². The van der Waals surface area contributed by atoms with Gasteiger partial charge in [0, 0.05) is 23.4 Å². The van der Waals surface area contributed by atoms with E-state index >= 15 is 0 Å². The van der Waals surface area contributed by atoms with Gasteiger partial charge < -0.3 is 24.7 Å². The third kappa shape index (κ3) is 4.51. The molecule has 0 aliphatic carbocycles. The summed E-state index contributed by atoms with van der Waals surface area (Å²) in [5.41, 5.74) is 1.04. The second-order valence-electron chi connectivity index (χ2n) is 10.4. The second kappa shape index (κ2) is 10.2. The first-order valence-electron chi connectivity index (χ1n) is 13.2. The van der Waals surface area contributed by atoms with Crippen molar-refractivity contribution in [2.24, 2.45) is 5.92 Å². The molecule has 3 aromatic rings. The number of esters is 2. The number of aromatic nitrogens is 2. The lowest BCUT2D eigenvalue weighted by molar-refractivity contribution is -0.189. The maximum Gasteiger partial charge on any atom is 0.355 e. The molecule has 1 aromatic carbocycles. The standard InChI is InChI=1S/C29H30N4O7/c1-5-29(40-23(35)12-30-26(36)24(15(2)3)31-16(4)34)20-11-22-25-18(10-17-8-6-7-9-21(17)32-25)13-33(22)27(37)19(20)14-39-28(29)38/h6-11,15,24H,5,12-14H2,1-4H3,(H,30,36)(H,31,34)/t24-,29-/m0/s1. The summed E-state index contributed by atoms with van der Waals surface area (Å²) in [6, 6.07) is 10.5. The van der Waals surface area contributed by atoms with Gasteiger partial charge in [0.05, 0.1) is 29.0 Å². The highest BCUT2D eigenvalue weighted by Gasteiger charge is 2.50. The Morgan fingerprint density at radius 3 is 2.62 bits per heavy atom. The number of nitrogens with zero attached hydrogens (tertiary/aromatic N) is 2. The van der Waals surface area contributed by atoms with Crippen molar-refractivity contribution in [1.82, 2.24) is 20.2 Å². The number of pyridine rings is 2. The molecule has 11 nitrogen and oxygen atoms in total. The SMILES string of the molecule is CC[C@@]1(OC(=O)CNC(=O)[C@@H](NC(C)=O)C(C)C)C(=O)OCc2c1cc1n(c2=O)Cc2cc3ccccc3nc2-1. The fourth-order valence-corrected chi connectivity index (χ4v) is 5.34. The van der Waals surface area contributed by atoms with Crippen molar-refractivity contribution in [3.05, 3.63) is 63.4 Å². The van der Waals surface area contributed by atoms with Gasteiger partial charge in [-0.3, -0.25) is 19.2 Å². The van der Waals surface area contributed by atoms with E-state index in [1.54, 1.807) is 31.4 Å². The van der Waals surface area contributed by atoms with Crippen molar-refractivity contribution in [2.75, 3.05) is 6.54 Å². The molecule has 0 fully saturated rings. The number of hydrogen-bond acceptors (Lipinski definition) is 8. The number of amides is 2. The normalized spacial score (nSPS) is 17.9. The first-order chi connectivity index (χ1) is 19.1. The van der Waals surface area contributed by atoms with Crippen molar-refractivity contribution >= 4 is 34.7 Å². The van der Waals surface area contributed by atoms with E-state index in [1.165, 1.54) is 6.92 Å². The fourth-order valence-electron chi connectivity index (χ4n) is 5.34. The summed E-state index contributed by atoms with van der Waals surface area (Å²) in [7, 11) is 0. The topological polar surface area (TPSA) is 146 Å². The first kappa shape index (κ1) is 27.0. The molecule has 0 saturated carbocycles. The molecule has 0 unspecified atom stereocenters. The minimum atomic E-state index is -1.88. The van der Waals surface area contributed by atoms with Gasteiger partial charge in [0.25, 0.3) is 5.56 Å². The van der Waals surface area contributed by atoms with Gasteiger partial charge in [-0.15, -0.1) is 0 Å². The van der Waals surface area contributed by atoms with Gasteiger partial charge in [0.15, 0.2) is 0 Å². The third-order valence-corrected chi connectivity index (χ3v) is 7.39. The van der Waals surface area contributed by atoms with E-state index in [9.17, 15) is 24.0 Å². The van der Waals surface area contributed by atoms with Gasteiger partial charge in [-0.25, -0.2) is 9.78 Å². The lowest BCUT2D eigenvalue weighted by atomic mass is 9.85. The van der Waals surface area contributed by atoms with Crippen LogP contribution in [0.2, 0.25) is 0 Å². The van der Waals surface area contributed by atoms with E-state index in [0.29, 0.717) is 17.9 Å². The van der Waals surface area contributed by atoms with Crippen LogP contribution in [0.15, 0.2) is 41.2 Å². The van der Waals surface area contributed by atoms with Crippen LogP contribution in [0.5, 0.6) is 0 Å². The zero-order chi connectivity index (χ0) is 28.8.